The van der Waals surface area contributed by atoms with E-state index < -0.39 is 23.0 Å². The first-order valence-electron chi connectivity index (χ1n) is 6.34. The lowest BCUT2D eigenvalue weighted by Gasteiger charge is -2.13. The van der Waals surface area contributed by atoms with Crippen molar-refractivity contribution in [2.24, 2.45) is 5.92 Å². The van der Waals surface area contributed by atoms with Crippen LogP contribution < -0.4 is 10.6 Å². The van der Waals surface area contributed by atoms with E-state index in [-0.39, 0.29) is 17.2 Å². The van der Waals surface area contributed by atoms with E-state index in [2.05, 4.69) is 10.6 Å². The molecule has 110 valence electrons. The summed E-state index contributed by atoms with van der Waals surface area (Å²) in [7, 11) is 0. The Labute approximate surface area is 122 Å². The average Bonchev–Trinajstić information content (AvgIpc) is 2.36. The van der Waals surface area contributed by atoms with Gasteiger partial charge in [0.05, 0.1) is 11.3 Å². The maximum Gasteiger partial charge on any atom is 0.256 e. The fourth-order valence-corrected chi connectivity index (χ4v) is 1.53. The van der Waals surface area contributed by atoms with Gasteiger partial charge in [-0.1, -0.05) is 19.9 Å². The largest absolute Gasteiger partial charge is 0.352 e. The fraction of sp³-hybridized carbons (Fsp3) is 0.429. The number of amides is 2. The maximum atomic E-state index is 13.8. The Balaban J connectivity index is 2.99. The third kappa shape index (κ3) is 4.49. The number of alkyl halides is 1. The van der Waals surface area contributed by atoms with Crippen molar-refractivity contribution in [2.45, 2.75) is 26.1 Å². The minimum Gasteiger partial charge on any atom is -0.352 e. The van der Waals surface area contributed by atoms with Crippen LogP contribution in [0, 0.1) is 11.7 Å². The normalized spacial score (nSPS) is 12.1. The lowest BCUT2D eigenvalue weighted by molar-refractivity contribution is -0.115. The third-order valence-corrected chi connectivity index (χ3v) is 2.73. The quantitative estimate of drug-likeness (QED) is 0.822. The smallest absolute Gasteiger partial charge is 0.256 e. The molecule has 0 aromatic heterocycles. The van der Waals surface area contributed by atoms with Gasteiger partial charge in [-0.2, -0.15) is 0 Å². The van der Waals surface area contributed by atoms with E-state index in [4.69, 9.17) is 11.6 Å². The van der Waals surface area contributed by atoms with E-state index in [0.717, 1.165) is 0 Å². The van der Waals surface area contributed by atoms with Crippen molar-refractivity contribution < 1.29 is 14.0 Å². The van der Waals surface area contributed by atoms with Crippen molar-refractivity contribution in [2.75, 3.05) is 11.9 Å². The van der Waals surface area contributed by atoms with Crippen LogP contribution in [0.3, 0.4) is 0 Å². The molecule has 1 atom stereocenters. The molecule has 0 aliphatic heterocycles. The summed E-state index contributed by atoms with van der Waals surface area (Å²) in [4.78, 5) is 23.6. The fourth-order valence-electron chi connectivity index (χ4n) is 1.48. The molecule has 0 bridgehead atoms. The highest BCUT2D eigenvalue weighted by molar-refractivity contribution is 6.32. The van der Waals surface area contributed by atoms with Crippen LogP contribution in [0.5, 0.6) is 0 Å². The summed E-state index contributed by atoms with van der Waals surface area (Å²) in [5.41, 5.74) is -0.0671. The number of hydrogen-bond acceptors (Lipinski definition) is 2. The molecule has 2 N–H and O–H groups in total. The number of anilines is 1. The van der Waals surface area contributed by atoms with Crippen LogP contribution in [-0.4, -0.2) is 23.7 Å². The molecule has 0 fully saturated rings. The van der Waals surface area contributed by atoms with Crippen LogP contribution >= 0.6 is 11.6 Å². The zero-order valence-electron chi connectivity index (χ0n) is 11.7. The van der Waals surface area contributed by atoms with Crippen LogP contribution in [0.25, 0.3) is 0 Å². The minimum absolute atomic E-state index is 0.115. The molecule has 4 nitrogen and oxygen atoms in total. The van der Waals surface area contributed by atoms with Crippen LogP contribution in [0.2, 0.25) is 0 Å². The summed E-state index contributed by atoms with van der Waals surface area (Å²) in [6, 6.07) is 4.05. The van der Waals surface area contributed by atoms with Gasteiger partial charge in [-0.25, -0.2) is 4.39 Å². The van der Waals surface area contributed by atoms with Gasteiger partial charge in [-0.05, 0) is 25.0 Å². The standard InChI is InChI=1S/C14H18ClFN2O2/c1-8(2)7-17-14(20)12-10(16)5-4-6-11(12)18-13(19)9(3)15/h4-6,8-9H,7H2,1-3H3,(H,17,20)(H,18,19). The summed E-state index contributed by atoms with van der Waals surface area (Å²) < 4.78 is 13.8. The molecular formula is C14H18ClFN2O2. The van der Waals surface area contributed by atoms with Gasteiger partial charge in [0.25, 0.3) is 5.91 Å². The molecule has 2 amide bonds. The van der Waals surface area contributed by atoms with E-state index in [1.807, 2.05) is 13.8 Å². The Morgan fingerprint density at radius 1 is 1.30 bits per heavy atom. The van der Waals surface area contributed by atoms with Gasteiger partial charge in [-0.15, -0.1) is 11.6 Å². The second kappa shape index (κ2) is 7.24. The van der Waals surface area contributed by atoms with E-state index in [1.165, 1.54) is 25.1 Å². The Hall–Kier alpha value is -1.62. The molecule has 1 rings (SSSR count). The van der Waals surface area contributed by atoms with Crippen molar-refractivity contribution in [3.05, 3.63) is 29.6 Å². The zero-order valence-corrected chi connectivity index (χ0v) is 12.4. The van der Waals surface area contributed by atoms with Gasteiger partial charge in [0, 0.05) is 6.54 Å². The molecule has 0 spiro atoms. The Morgan fingerprint density at radius 2 is 1.95 bits per heavy atom. The predicted molar refractivity (Wildman–Crippen MR) is 77.5 cm³/mol. The van der Waals surface area contributed by atoms with Gasteiger partial charge < -0.3 is 10.6 Å². The number of benzene rings is 1. The number of carbonyl (C=O) groups excluding carboxylic acids is 2. The lowest BCUT2D eigenvalue weighted by Crippen LogP contribution is -2.30. The summed E-state index contributed by atoms with van der Waals surface area (Å²) >= 11 is 5.65. The summed E-state index contributed by atoms with van der Waals surface area (Å²) in [6.45, 7) is 5.78. The SMILES string of the molecule is CC(C)CNC(=O)c1c(F)cccc1NC(=O)C(C)Cl. The molecule has 20 heavy (non-hydrogen) atoms. The molecule has 0 heterocycles. The molecule has 0 radical (unpaired) electrons. The van der Waals surface area contributed by atoms with Crippen molar-refractivity contribution in [1.29, 1.82) is 0 Å². The van der Waals surface area contributed by atoms with Crippen molar-refractivity contribution in [3.8, 4) is 0 Å². The number of nitrogens with one attached hydrogen (secondary N) is 2. The zero-order chi connectivity index (χ0) is 15.3. The Morgan fingerprint density at radius 3 is 2.50 bits per heavy atom. The highest BCUT2D eigenvalue weighted by Crippen LogP contribution is 2.19. The lowest BCUT2D eigenvalue weighted by atomic mass is 10.1. The van der Waals surface area contributed by atoms with Gasteiger partial charge in [0.15, 0.2) is 0 Å². The molecule has 0 saturated heterocycles. The molecule has 1 aromatic carbocycles. The summed E-state index contributed by atoms with van der Waals surface area (Å²) in [6.07, 6.45) is 0. The van der Waals surface area contributed by atoms with Crippen LogP contribution in [0.15, 0.2) is 18.2 Å². The first kappa shape index (κ1) is 16.4. The number of rotatable bonds is 5. The topological polar surface area (TPSA) is 58.2 Å². The van der Waals surface area contributed by atoms with Crippen molar-refractivity contribution in [1.82, 2.24) is 5.32 Å². The monoisotopic (exact) mass is 300 g/mol. The van der Waals surface area contributed by atoms with Gasteiger partial charge in [0.1, 0.15) is 11.2 Å². The van der Waals surface area contributed by atoms with Gasteiger partial charge in [0.2, 0.25) is 5.91 Å². The van der Waals surface area contributed by atoms with Crippen molar-refractivity contribution >= 4 is 29.1 Å². The molecule has 1 aromatic rings. The summed E-state index contributed by atoms with van der Waals surface area (Å²) in [5, 5.41) is 4.29. The summed E-state index contributed by atoms with van der Waals surface area (Å²) in [5.74, 6) is -1.50. The number of halogens is 2. The molecule has 0 aliphatic carbocycles. The first-order chi connectivity index (χ1) is 9.32. The Kier molecular flexibility index (Phi) is 5.95. The molecular weight excluding hydrogens is 283 g/mol. The molecule has 0 aliphatic rings. The minimum atomic E-state index is -0.773. The van der Waals surface area contributed by atoms with Crippen LogP contribution in [0.4, 0.5) is 10.1 Å². The van der Waals surface area contributed by atoms with E-state index in [9.17, 15) is 14.0 Å². The highest BCUT2D eigenvalue weighted by atomic mass is 35.5. The number of hydrogen-bond donors (Lipinski definition) is 2. The van der Waals surface area contributed by atoms with Crippen LogP contribution in [-0.2, 0) is 4.79 Å². The highest BCUT2D eigenvalue weighted by Gasteiger charge is 2.19. The first-order valence-corrected chi connectivity index (χ1v) is 6.78. The van der Waals surface area contributed by atoms with E-state index >= 15 is 0 Å². The van der Waals surface area contributed by atoms with E-state index in [1.54, 1.807) is 0 Å². The number of carbonyl (C=O) groups is 2. The maximum absolute atomic E-state index is 13.8. The Bertz CT molecular complexity index is 504. The second-order valence-corrected chi connectivity index (χ2v) is 5.53. The van der Waals surface area contributed by atoms with Crippen LogP contribution in [0.1, 0.15) is 31.1 Å². The molecule has 1 unspecified atom stereocenters. The van der Waals surface area contributed by atoms with E-state index in [0.29, 0.717) is 6.54 Å². The van der Waals surface area contributed by atoms with Crippen molar-refractivity contribution in [3.63, 3.8) is 0 Å². The molecule has 0 saturated carbocycles. The van der Waals surface area contributed by atoms with Gasteiger partial charge in [-0.3, -0.25) is 9.59 Å². The predicted octanol–water partition coefficient (Wildman–Crippen LogP) is 2.78. The third-order valence-electron chi connectivity index (χ3n) is 2.53. The average molecular weight is 301 g/mol. The second-order valence-electron chi connectivity index (χ2n) is 4.87. The van der Waals surface area contributed by atoms with Gasteiger partial charge >= 0.3 is 0 Å². The molecule has 6 heteroatoms.